The summed E-state index contributed by atoms with van der Waals surface area (Å²) in [6.07, 6.45) is 0. The third-order valence-corrected chi connectivity index (χ3v) is 9.53. The fraction of sp³-hybridized carbons (Fsp3) is 0.0750. The second kappa shape index (κ2) is 8.47. The average molecular weight is 550 g/mol. The summed E-state index contributed by atoms with van der Waals surface area (Å²) in [5, 5.41) is 14.4. The van der Waals surface area contributed by atoms with Gasteiger partial charge in [0.1, 0.15) is 0 Å². The molecule has 0 fully saturated rings. The number of hydrogen-bond donors (Lipinski definition) is 0. The summed E-state index contributed by atoms with van der Waals surface area (Å²) in [6.45, 7) is 4.69. The molecule has 0 aliphatic heterocycles. The van der Waals surface area contributed by atoms with Gasteiger partial charge in [-0.2, -0.15) is 5.26 Å². The molecule has 202 valence electrons. The molecule has 6 aromatic carbocycles. The quantitative estimate of drug-likeness (QED) is 0.211. The monoisotopic (exact) mass is 549 g/mol. The molecule has 43 heavy (non-hydrogen) atoms. The van der Waals surface area contributed by atoms with Crippen molar-refractivity contribution in [1.82, 2.24) is 9.13 Å². The largest absolute Gasteiger partial charge is 0.309 e. The highest BCUT2D eigenvalue weighted by Gasteiger charge is 2.37. The third kappa shape index (κ3) is 3.13. The van der Waals surface area contributed by atoms with Gasteiger partial charge in [0.2, 0.25) is 0 Å². The second-order valence-electron chi connectivity index (χ2n) is 12.1. The molecule has 1 aliphatic carbocycles. The van der Waals surface area contributed by atoms with E-state index in [0.29, 0.717) is 5.56 Å². The maximum Gasteiger partial charge on any atom is 0.0991 e. The third-order valence-electron chi connectivity index (χ3n) is 9.53. The highest BCUT2D eigenvalue weighted by molar-refractivity contribution is 6.18. The summed E-state index contributed by atoms with van der Waals surface area (Å²) < 4.78 is 4.74. The Kier molecular flexibility index (Phi) is 4.74. The predicted molar refractivity (Wildman–Crippen MR) is 177 cm³/mol. The lowest BCUT2D eigenvalue weighted by Crippen LogP contribution is -2.14. The maximum atomic E-state index is 9.59. The van der Waals surface area contributed by atoms with Gasteiger partial charge in [0.25, 0.3) is 0 Å². The van der Waals surface area contributed by atoms with Crippen LogP contribution in [0, 0.1) is 11.3 Å². The molecule has 0 unspecified atom stereocenters. The Labute approximate surface area is 249 Å². The van der Waals surface area contributed by atoms with E-state index in [1.807, 2.05) is 12.1 Å². The van der Waals surface area contributed by atoms with Gasteiger partial charge >= 0.3 is 0 Å². The van der Waals surface area contributed by atoms with E-state index in [0.717, 1.165) is 33.2 Å². The summed E-state index contributed by atoms with van der Waals surface area (Å²) in [5.74, 6) is 0. The molecular weight excluding hydrogens is 522 g/mol. The Hall–Kier alpha value is -5.59. The van der Waals surface area contributed by atoms with Gasteiger partial charge in [0.05, 0.1) is 33.7 Å². The number of nitriles is 1. The predicted octanol–water partition coefficient (Wildman–Crippen LogP) is 10.1. The summed E-state index contributed by atoms with van der Waals surface area (Å²) in [5.41, 5.74) is 12.9. The smallest absolute Gasteiger partial charge is 0.0991 e. The zero-order chi connectivity index (χ0) is 28.9. The van der Waals surface area contributed by atoms with Crippen molar-refractivity contribution in [1.29, 1.82) is 5.26 Å². The summed E-state index contributed by atoms with van der Waals surface area (Å²) in [6, 6.07) is 48.0. The summed E-state index contributed by atoms with van der Waals surface area (Å²) in [7, 11) is 0. The van der Waals surface area contributed by atoms with E-state index in [1.54, 1.807) is 0 Å². The molecular formula is C40H27N3. The van der Waals surface area contributed by atoms with Gasteiger partial charge in [-0.25, -0.2) is 0 Å². The molecule has 3 heteroatoms. The molecule has 3 nitrogen and oxygen atoms in total. The molecule has 2 aromatic heterocycles. The van der Waals surface area contributed by atoms with Gasteiger partial charge in [-0.05, 0) is 76.9 Å². The van der Waals surface area contributed by atoms with Crippen molar-refractivity contribution in [3.05, 3.63) is 144 Å². The van der Waals surface area contributed by atoms with Crippen molar-refractivity contribution in [3.63, 3.8) is 0 Å². The van der Waals surface area contributed by atoms with E-state index < -0.39 is 0 Å². The number of benzene rings is 6. The van der Waals surface area contributed by atoms with Crippen LogP contribution < -0.4 is 0 Å². The van der Waals surface area contributed by atoms with Crippen molar-refractivity contribution >= 4 is 43.6 Å². The van der Waals surface area contributed by atoms with Crippen LogP contribution in [0.4, 0.5) is 0 Å². The van der Waals surface area contributed by atoms with Crippen LogP contribution in [0.15, 0.2) is 127 Å². The normalized spacial score (nSPS) is 13.5. The van der Waals surface area contributed by atoms with Crippen LogP contribution in [0.5, 0.6) is 0 Å². The Balaban J connectivity index is 1.35. The molecule has 0 bridgehead atoms. The van der Waals surface area contributed by atoms with Gasteiger partial charge in [-0.3, -0.25) is 0 Å². The lowest BCUT2D eigenvalue weighted by molar-refractivity contribution is 0.661. The number of hydrogen-bond acceptors (Lipinski definition) is 1. The van der Waals surface area contributed by atoms with Gasteiger partial charge in [-0.15, -0.1) is 0 Å². The van der Waals surface area contributed by atoms with Crippen LogP contribution in [0.25, 0.3) is 66.1 Å². The van der Waals surface area contributed by atoms with Crippen molar-refractivity contribution in [2.45, 2.75) is 19.3 Å². The molecule has 8 aromatic rings. The Morgan fingerprint density at radius 3 is 1.95 bits per heavy atom. The first-order chi connectivity index (χ1) is 21.1. The van der Waals surface area contributed by atoms with Crippen molar-refractivity contribution in [2.24, 2.45) is 0 Å². The number of aromatic nitrogens is 2. The Morgan fingerprint density at radius 2 is 1.16 bits per heavy atom. The van der Waals surface area contributed by atoms with Gasteiger partial charge in [0, 0.05) is 38.3 Å². The molecule has 0 saturated carbocycles. The van der Waals surface area contributed by atoms with Gasteiger partial charge in [-0.1, -0.05) is 86.6 Å². The molecule has 9 rings (SSSR count). The van der Waals surface area contributed by atoms with E-state index in [2.05, 4.69) is 144 Å². The average Bonchev–Trinajstić information content (AvgIpc) is 3.64. The van der Waals surface area contributed by atoms with E-state index in [-0.39, 0.29) is 5.41 Å². The SMILES string of the molecule is CC1(C)c2ccccc2-c2c1ccc1c2c2ccccc2n1-c1cccc(-n2c3ccccc3c3cc(C#N)ccc32)c1. The summed E-state index contributed by atoms with van der Waals surface area (Å²) >= 11 is 0. The number of fused-ring (bicyclic) bond motifs is 10. The first kappa shape index (κ1) is 24.1. The highest BCUT2D eigenvalue weighted by atomic mass is 15.0. The Morgan fingerprint density at radius 1 is 0.535 bits per heavy atom. The minimum Gasteiger partial charge on any atom is -0.309 e. The number of rotatable bonds is 2. The van der Waals surface area contributed by atoms with E-state index in [4.69, 9.17) is 0 Å². The van der Waals surface area contributed by atoms with Crippen LogP contribution in [0.3, 0.4) is 0 Å². The molecule has 2 heterocycles. The first-order valence-electron chi connectivity index (χ1n) is 14.8. The molecule has 0 radical (unpaired) electrons. The van der Waals surface area contributed by atoms with Gasteiger partial charge < -0.3 is 9.13 Å². The Bertz CT molecular complexity index is 2500. The minimum atomic E-state index is -0.0504. The van der Waals surface area contributed by atoms with Crippen LogP contribution in [0.2, 0.25) is 0 Å². The van der Waals surface area contributed by atoms with Crippen molar-refractivity contribution in [3.8, 4) is 28.6 Å². The maximum absolute atomic E-state index is 9.59. The lowest BCUT2D eigenvalue weighted by atomic mass is 9.82. The second-order valence-corrected chi connectivity index (χ2v) is 12.1. The lowest BCUT2D eigenvalue weighted by Gasteiger charge is -2.21. The van der Waals surface area contributed by atoms with Crippen molar-refractivity contribution < 1.29 is 0 Å². The molecule has 0 atom stereocenters. The van der Waals surface area contributed by atoms with Crippen LogP contribution in [-0.2, 0) is 5.41 Å². The van der Waals surface area contributed by atoms with E-state index >= 15 is 0 Å². The number of nitrogens with zero attached hydrogens (tertiary/aromatic N) is 3. The van der Waals surface area contributed by atoms with E-state index in [1.165, 1.54) is 44.1 Å². The van der Waals surface area contributed by atoms with Crippen molar-refractivity contribution in [2.75, 3.05) is 0 Å². The molecule has 1 aliphatic rings. The van der Waals surface area contributed by atoms with Crippen LogP contribution >= 0.6 is 0 Å². The molecule has 0 spiro atoms. The van der Waals surface area contributed by atoms with Crippen LogP contribution in [-0.4, -0.2) is 9.13 Å². The molecule has 0 amide bonds. The zero-order valence-corrected chi connectivity index (χ0v) is 24.0. The topological polar surface area (TPSA) is 33.6 Å². The first-order valence-corrected chi connectivity index (χ1v) is 14.8. The van der Waals surface area contributed by atoms with Crippen LogP contribution in [0.1, 0.15) is 30.5 Å². The fourth-order valence-electron chi connectivity index (χ4n) is 7.62. The molecule has 0 N–H and O–H groups in total. The van der Waals surface area contributed by atoms with Gasteiger partial charge in [0.15, 0.2) is 0 Å². The standard InChI is InChI=1S/C40H27N3/c1-40(2)32-15-6-3-13-29(32)38-33(40)19-21-37-39(38)30-14-5-8-17-35(30)43(37)27-11-9-10-26(23-27)42-34-16-7-4-12-28(34)31-22-25(24-41)18-20-36(31)42/h3-23H,1-2H3. The fourth-order valence-corrected chi connectivity index (χ4v) is 7.62. The highest BCUT2D eigenvalue weighted by Crippen LogP contribution is 2.53. The summed E-state index contributed by atoms with van der Waals surface area (Å²) in [4.78, 5) is 0. The number of para-hydroxylation sites is 2. The van der Waals surface area contributed by atoms with E-state index in [9.17, 15) is 5.26 Å². The minimum absolute atomic E-state index is 0.0504. The molecule has 0 saturated heterocycles. The zero-order valence-electron chi connectivity index (χ0n) is 24.0.